The molecule has 0 atom stereocenters. The molecule has 1 aliphatic heterocycles. The zero-order valence-electron chi connectivity index (χ0n) is 15.9. The topological polar surface area (TPSA) is 44.4 Å². The molecule has 0 aliphatic carbocycles. The Morgan fingerprint density at radius 3 is 2.41 bits per heavy atom. The molecule has 0 saturated carbocycles. The summed E-state index contributed by atoms with van der Waals surface area (Å²) >= 11 is 0. The number of anilines is 1. The number of amides is 2. The predicted molar refractivity (Wildman–Crippen MR) is 107 cm³/mol. The Hall–Kier alpha value is -2.40. The zero-order chi connectivity index (χ0) is 19.1. The molecular weight excluding hydrogens is 341 g/mol. The van der Waals surface area contributed by atoms with E-state index in [1.54, 1.807) is 0 Å². The molecule has 1 fully saturated rings. The number of hydrogen-bond donors (Lipinski definition) is 2. The lowest BCUT2D eigenvalue weighted by molar-refractivity contribution is 0.184. The molecule has 2 aromatic rings. The summed E-state index contributed by atoms with van der Waals surface area (Å²) in [6.45, 7) is 5.83. The maximum atomic E-state index is 12.9. The van der Waals surface area contributed by atoms with Gasteiger partial charge in [0.2, 0.25) is 0 Å². The van der Waals surface area contributed by atoms with Crippen molar-refractivity contribution in [2.24, 2.45) is 5.92 Å². The molecule has 2 N–H and O–H groups in total. The van der Waals surface area contributed by atoms with Gasteiger partial charge in [-0.2, -0.15) is 0 Å². The number of carbonyl (C=O) groups excluding carboxylic acids is 1. The quantitative estimate of drug-likeness (QED) is 0.801. The van der Waals surface area contributed by atoms with Gasteiger partial charge in [0, 0.05) is 18.8 Å². The minimum absolute atomic E-state index is 0.141. The van der Waals surface area contributed by atoms with E-state index < -0.39 is 0 Å². The van der Waals surface area contributed by atoms with Crippen LogP contribution in [0.25, 0.3) is 0 Å². The van der Waals surface area contributed by atoms with E-state index in [1.165, 1.54) is 23.3 Å². The van der Waals surface area contributed by atoms with E-state index >= 15 is 0 Å². The molecule has 4 nitrogen and oxygen atoms in total. The fraction of sp³-hybridized carbons (Fsp3) is 0.409. The maximum absolute atomic E-state index is 12.9. The Labute approximate surface area is 160 Å². The molecule has 1 saturated heterocycles. The lowest BCUT2D eigenvalue weighted by Gasteiger charge is -2.32. The van der Waals surface area contributed by atoms with Gasteiger partial charge in [-0.1, -0.05) is 29.8 Å². The fourth-order valence-corrected chi connectivity index (χ4v) is 3.40. The van der Waals surface area contributed by atoms with Gasteiger partial charge in [0.15, 0.2) is 0 Å². The van der Waals surface area contributed by atoms with Gasteiger partial charge >= 0.3 is 6.03 Å². The third-order valence-corrected chi connectivity index (χ3v) is 5.20. The van der Waals surface area contributed by atoms with E-state index in [4.69, 9.17) is 0 Å². The van der Waals surface area contributed by atoms with Crippen LogP contribution >= 0.6 is 0 Å². The van der Waals surface area contributed by atoms with Crippen LogP contribution in [0.4, 0.5) is 14.9 Å². The number of aryl methyl sites for hydroxylation is 1. The van der Waals surface area contributed by atoms with E-state index in [1.807, 2.05) is 43.3 Å². The molecule has 144 valence electrons. The molecular formula is C22H28FN3O. The summed E-state index contributed by atoms with van der Waals surface area (Å²) in [7, 11) is 0. The van der Waals surface area contributed by atoms with Gasteiger partial charge < -0.3 is 15.5 Å². The Morgan fingerprint density at radius 2 is 1.74 bits per heavy atom. The Bertz CT molecular complexity index is 722. The summed E-state index contributed by atoms with van der Waals surface area (Å²) in [6, 6.07) is 14.4. The van der Waals surface area contributed by atoms with Crippen molar-refractivity contribution < 1.29 is 9.18 Å². The fourth-order valence-electron chi connectivity index (χ4n) is 3.40. The van der Waals surface area contributed by atoms with Crippen molar-refractivity contribution in [3.05, 3.63) is 65.5 Å². The van der Waals surface area contributed by atoms with Crippen molar-refractivity contribution in [2.45, 2.75) is 26.2 Å². The average molecular weight is 369 g/mol. The predicted octanol–water partition coefficient (Wildman–Crippen LogP) is 4.21. The van der Waals surface area contributed by atoms with Crippen LogP contribution in [0.3, 0.4) is 0 Å². The minimum Gasteiger partial charge on any atom is -0.338 e. The second-order valence-corrected chi connectivity index (χ2v) is 7.36. The largest absolute Gasteiger partial charge is 0.338 e. The van der Waals surface area contributed by atoms with E-state index in [2.05, 4.69) is 15.5 Å². The molecule has 27 heavy (non-hydrogen) atoms. The normalized spacial score (nSPS) is 15.5. The van der Waals surface area contributed by atoms with Gasteiger partial charge in [-0.15, -0.1) is 0 Å². The van der Waals surface area contributed by atoms with Crippen molar-refractivity contribution >= 4 is 11.7 Å². The van der Waals surface area contributed by atoms with Gasteiger partial charge in [-0.3, -0.25) is 0 Å². The lowest BCUT2D eigenvalue weighted by atomic mass is 9.96. The standard InChI is InChI=1S/C22H28FN3O/c1-17-2-8-21(9-3-17)25-22(27)24-16-19-11-14-26(15-12-19)13-10-18-4-6-20(23)7-5-18/h2-9,19H,10-16H2,1H3,(H2,24,25,27). The number of halogens is 1. The van der Waals surface area contributed by atoms with E-state index in [0.29, 0.717) is 12.5 Å². The van der Waals surface area contributed by atoms with Crippen LogP contribution in [-0.2, 0) is 6.42 Å². The molecule has 0 radical (unpaired) electrons. The molecule has 1 aliphatic rings. The number of hydrogen-bond acceptors (Lipinski definition) is 2. The molecule has 0 unspecified atom stereocenters. The van der Waals surface area contributed by atoms with Gasteiger partial charge in [0.25, 0.3) is 0 Å². The molecule has 1 heterocycles. The molecule has 5 heteroatoms. The Balaban J connectivity index is 1.32. The van der Waals surface area contributed by atoms with Crippen LogP contribution in [0.1, 0.15) is 24.0 Å². The molecule has 0 bridgehead atoms. The maximum Gasteiger partial charge on any atom is 0.319 e. The second-order valence-electron chi connectivity index (χ2n) is 7.36. The summed E-state index contributed by atoms with van der Waals surface area (Å²) in [6.07, 6.45) is 3.13. The Morgan fingerprint density at radius 1 is 1.07 bits per heavy atom. The number of benzene rings is 2. The number of piperidine rings is 1. The SMILES string of the molecule is Cc1ccc(NC(=O)NCC2CCN(CCc3ccc(F)cc3)CC2)cc1. The molecule has 3 rings (SSSR count). The minimum atomic E-state index is -0.182. The van der Waals surface area contributed by atoms with Gasteiger partial charge in [0.1, 0.15) is 5.82 Å². The van der Waals surface area contributed by atoms with Crippen LogP contribution in [0.15, 0.2) is 48.5 Å². The van der Waals surface area contributed by atoms with Gasteiger partial charge in [-0.25, -0.2) is 9.18 Å². The van der Waals surface area contributed by atoms with E-state index in [9.17, 15) is 9.18 Å². The van der Waals surface area contributed by atoms with E-state index in [-0.39, 0.29) is 11.8 Å². The summed E-state index contributed by atoms with van der Waals surface area (Å²) in [5.41, 5.74) is 3.16. The Kier molecular flexibility index (Phi) is 6.82. The van der Waals surface area contributed by atoms with Crippen molar-refractivity contribution in [2.75, 3.05) is 31.5 Å². The summed E-state index contributed by atoms with van der Waals surface area (Å²) in [5.74, 6) is 0.342. The van der Waals surface area contributed by atoms with E-state index in [0.717, 1.165) is 44.6 Å². The highest BCUT2D eigenvalue weighted by molar-refractivity contribution is 5.89. The number of likely N-dealkylation sites (tertiary alicyclic amines) is 1. The molecule has 0 aromatic heterocycles. The first kappa shape index (κ1) is 19.4. The first-order chi connectivity index (χ1) is 13.1. The zero-order valence-corrected chi connectivity index (χ0v) is 15.9. The summed E-state index contributed by atoms with van der Waals surface area (Å²) < 4.78 is 12.9. The lowest BCUT2D eigenvalue weighted by Crippen LogP contribution is -2.40. The smallest absolute Gasteiger partial charge is 0.319 e. The summed E-state index contributed by atoms with van der Waals surface area (Å²) in [5, 5.41) is 5.86. The van der Waals surface area contributed by atoms with Crippen molar-refractivity contribution in [3.63, 3.8) is 0 Å². The first-order valence-electron chi connectivity index (χ1n) is 9.67. The van der Waals surface area contributed by atoms with Crippen LogP contribution in [-0.4, -0.2) is 37.1 Å². The molecule has 2 aromatic carbocycles. The second kappa shape index (κ2) is 9.51. The number of urea groups is 1. The third-order valence-electron chi connectivity index (χ3n) is 5.20. The number of nitrogens with one attached hydrogen (secondary N) is 2. The van der Waals surface area contributed by atoms with Crippen LogP contribution in [0.5, 0.6) is 0 Å². The van der Waals surface area contributed by atoms with Gasteiger partial charge in [-0.05, 0) is 75.0 Å². The third kappa shape index (κ3) is 6.36. The van der Waals surface area contributed by atoms with Crippen molar-refractivity contribution in [1.82, 2.24) is 10.2 Å². The highest BCUT2D eigenvalue weighted by Gasteiger charge is 2.19. The number of rotatable bonds is 6. The molecule has 2 amide bonds. The van der Waals surface area contributed by atoms with Crippen molar-refractivity contribution in [3.8, 4) is 0 Å². The first-order valence-corrected chi connectivity index (χ1v) is 9.67. The summed E-state index contributed by atoms with van der Waals surface area (Å²) in [4.78, 5) is 14.5. The highest BCUT2D eigenvalue weighted by Crippen LogP contribution is 2.17. The average Bonchev–Trinajstić information content (AvgIpc) is 2.68. The number of carbonyl (C=O) groups is 1. The van der Waals surface area contributed by atoms with Crippen LogP contribution in [0.2, 0.25) is 0 Å². The monoisotopic (exact) mass is 369 g/mol. The van der Waals surface area contributed by atoms with Crippen LogP contribution in [0, 0.1) is 18.7 Å². The molecule has 0 spiro atoms. The van der Waals surface area contributed by atoms with Gasteiger partial charge in [0.05, 0.1) is 0 Å². The highest BCUT2D eigenvalue weighted by atomic mass is 19.1. The van der Waals surface area contributed by atoms with Crippen molar-refractivity contribution in [1.29, 1.82) is 0 Å². The van der Waals surface area contributed by atoms with Crippen LogP contribution < -0.4 is 10.6 Å². The number of nitrogens with zero attached hydrogens (tertiary/aromatic N) is 1.